The minimum absolute atomic E-state index is 0.102. The third kappa shape index (κ3) is 48.2. The van der Waals surface area contributed by atoms with E-state index in [9.17, 15) is 35.1 Å². The molecule has 6 N–H and O–H groups in total. The lowest BCUT2D eigenvalue weighted by Crippen LogP contribution is -2.61. The normalized spacial score (nSPS) is 19.0. The molecule has 0 aromatic heterocycles. The summed E-state index contributed by atoms with van der Waals surface area (Å²) in [5, 5.41) is 57.2. The first-order valence-corrected chi connectivity index (χ1v) is 35.0. The molecule has 1 fully saturated rings. The maximum Gasteiger partial charge on any atom is 0.306 e. The van der Waals surface area contributed by atoms with Crippen molar-refractivity contribution in [1.29, 1.82) is 0 Å². The van der Waals surface area contributed by atoms with Gasteiger partial charge in [0.05, 0.1) is 25.4 Å². The minimum atomic E-state index is -1.63. The molecule has 1 aliphatic heterocycles. The number of amides is 1. The molecule has 0 radical (unpaired) electrons. The Balaban J connectivity index is 2.59. The molecule has 8 unspecified atom stereocenters. The Morgan fingerprint density at radius 3 is 1.28 bits per heavy atom. The standard InChI is InChI=1S/C74H129NO10/c1-4-7-10-13-16-19-22-24-26-28-30-32-33-34-35-36-38-40-42-44-47-50-53-56-59-62-69(79)85-72-71(81)70(80)68(63-76)84-74(72)83-64-65(66(77)60-57-54-51-48-45-21-18-15-12-9-6-3)75-73(82)67(78)61-58-55-52-49-46-43-41-39-37-31-29-27-25-23-20-17-14-11-8-5-2/h7,10,16,19,24-27,30,32,34-35,38,40,57,60,65-68,70-72,74,76-78,80-81H,4-6,8-9,11-15,17-18,20-23,28-29,31,33,36-37,39,41-56,58-59,61-64H2,1-3H3,(H,75,82)/b10-7-,19-16-,26-24-,27-25+,32-30-,35-34-,40-38-,60-57+. The van der Waals surface area contributed by atoms with E-state index in [0.717, 1.165) is 116 Å². The van der Waals surface area contributed by atoms with Crippen LogP contribution in [0.3, 0.4) is 0 Å². The average molecular weight is 1190 g/mol. The van der Waals surface area contributed by atoms with Gasteiger partial charge in [-0.2, -0.15) is 0 Å². The zero-order chi connectivity index (χ0) is 61.7. The maximum absolute atomic E-state index is 13.5. The number of aliphatic hydroxyl groups excluding tert-OH is 5. The van der Waals surface area contributed by atoms with Crippen molar-refractivity contribution in [3.05, 3.63) is 97.2 Å². The molecule has 8 atom stereocenters. The highest BCUT2D eigenvalue weighted by Gasteiger charge is 2.47. The smallest absolute Gasteiger partial charge is 0.306 e. The van der Waals surface area contributed by atoms with E-state index in [1.807, 2.05) is 6.08 Å². The molecule has 1 aliphatic rings. The molecule has 1 heterocycles. The molecule has 11 nitrogen and oxygen atoms in total. The van der Waals surface area contributed by atoms with Gasteiger partial charge in [-0.3, -0.25) is 9.59 Å². The summed E-state index contributed by atoms with van der Waals surface area (Å²) in [5.74, 6) is -1.21. The molecule has 0 aromatic rings. The summed E-state index contributed by atoms with van der Waals surface area (Å²) in [4.78, 5) is 26.7. The summed E-state index contributed by atoms with van der Waals surface area (Å²) in [6.07, 6.45) is 71.6. The molecule has 0 spiro atoms. The maximum atomic E-state index is 13.5. The monoisotopic (exact) mass is 1190 g/mol. The van der Waals surface area contributed by atoms with Crippen LogP contribution in [-0.2, 0) is 23.8 Å². The first kappa shape index (κ1) is 79.6. The fraction of sp³-hybridized carbons (Fsp3) is 0.757. The summed E-state index contributed by atoms with van der Waals surface area (Å²) in [5.41, 5.74) is 0. The van der Waals surface area contributed by atoms with E-state index < -0.39 is 67.4 Å². The first-order valence-electron chi connectivity index (χ1n) is 35.0. The van der Waals surface area contributed by atoms with Gasteiger partial charge in [-0.25, -0.2) is 0 Å². The van der Waals surface area contributed by atoms with Gasteiger partial charge in [0.2, 0.25) is 5.91 Å². The number of nitrogens with one attached hydrogen (secondary N) is 1. The van der Waals surface area contributed by atoms with Crippen LogP contribution in [0.5, 0.6) is 0 Å². The summed E-state index contributed by atoms with van der Waals surface area (Å²) < 4.78 is 17.7. The fourth-order valence-electron chi connectivity index (χ4n) is 10.5. The van der Waals surface area contributed by atoms with Crippen molar-refractivity contribution < 1.29 is 49.3 Å². The minimum Gasteiger partial charge on any atom is -0.454 e. The highest BCUT2D eigenvalue weighted by molar-refractivity contribution is 5.80. The fourth-order valence-corrected chi connectivity index (χ4v) is 10.5. The number of allylic oxidation sites excluding steroid dienone is 15. The van der Waals surface area contributed by atoms with Crippen LogP contribution < -0.4 is 5.32 Å². The van der Waals surface area contributed by atoms with Crippen LogP contribution in [0.25, 0.3) is 0 Å². The molecular weight excluding hydrogens is 1060 g/mol. The summed E-state index contributed by atoms with van der Waals surface area (Å²) in [7, 11) is 0. The number of esters is 1. The predicted molar refractivity (Wildman–Crippen MR) is 356 cm³/mol. The van der Waals surface area contributed by atoms with Crippen LogP contribution in [-0.4, -0.2) is 99.6 Å². The number of unbranched alkanes of at least 4 members (excludes halogenated alkanes) is 31. The van der Waals surface area contributed by atoms with Crippen molar-refractivity contribution in [2.24, 2.45) is 0 Å². The van der Waals surface area contributed by atoms with Crippen LogP contribution in [0.4, 0.5) is 0 Å². The van der Waals surface area contributed by atoms with E-state index >= 15 is 0 Å². The molecule has 0 aliphatic carbocycles. The van der Waals surface area contributed by atoms with Crippen molar-refractivity contribution in [3.8, 4) is 0 Å². The van der Waals surface area contributed by atoms with Gasteiger partial charge >= 0.3 is 5.97 Å². The number of carbonyl (C=O) groups is 2. The Kier molecular flexibility index (Phi) is 57.0. The second-order valence-corrected chi connectivity index (χ2v) is 23.9. The van der Waals surface area contributed by atoms with Crippen molar-refractivity contribution in [2.75, 3.05) is 13.2 Å². The number of carbonyl (C=O) groups excluding carboxylic acids is 2. The molecule has 1 saturated heterocycles. The van der Waals surface area contributed by atoms with Gasteiger partial charge in [0.15, 0.2) is 12.4 Å². The number of hydrogen-bond acceptors (Lipinski definition) is 10. The second kappa shape index (κ2) is 60.8. The highest BCUT2D eigenvalue weighted by Crippen LogP contribution is 2.26. The largest absolute Gasteiger partial charge is 0.454 e. The quantitative estimate of drug-likeness (QED) is 0.0195. The first-order chi connectivity index (χ1) is 41.7. The van der Waals surface area contributed by atoms with Crippen LogP contribution in [0.2, 0.25) is 0 Å². The molecule has 0 saturated carbocycles. The Hall–Kier alpha value is -3.42. The Morgan fingerprint density at radius 2 is 0.847 bits per heavy atom. The van der Waals surface area contributed by atoms with Gasteiger partial charge < -0.3 is 45.1 Å². The molecular formula is C74H129NO10. The lowest BCUT2D eigenvalue weighted by Gasteiger charge is -2.41. The van der Waals surface area contributed by atoms with E-state index in [1.165, 1.54) is 135 Å². The average Bonchev–Trinajstić information content (AvgIpc) is 2.90. The number of hydrogen-bond donors (Lipinski definition) is 6. The lowest BCUT2D eigenvalue weighted by molar-refractivity contribution is -0.305. The third-order valence-electron chi connectivity index (χ3n) is 16.0. The van der Waals surface area contributed by atoms with E-state index in [-0.39, 0.29) is 19.4 Å². The van der Waals surface area contributed by atoms with Gasteiger partial charge in [0.25, 0.3) is 0 Å². The molecule has 1 rings (SSSR count). The van der Waals surface area contributed by atoms with Crippen LogP contribution in [0.1, 0.15) is 297 Å². The second-order valence-electron chi connectivity index (χ2n) is 23.9. The molecule has 11 heteroatoms. The Labute approximate surface area is 520 Å². The third-order valence-corrected chi connectivity index (χ3v) is 16.0. The lowest BCUT2D eigenvalue weighted by atomic mass is 9.99. The zero-order valence-corrected chi connectivity index (χ0v) is 54.5. The molecule has 0 aromatic carbocycles. The van der Waals surface area contributed by atoms with Crippen molar-refractivity contribution in [2.45, 2.75) is 346 Å². The van der Waals surface area contributed by atoms with Gasteiger partial charge in [-0.15, -0.1) is 0 Å². The van der Waals surface area contributed by atoms with Gasteiger partial charge in [0, 0.05) is 6.42 Å². The summed E-state index contributed by atoms with van der Waals surface area (Å²) in [6, 6.07) is -1.03. The summed E-state index contributed by atoms with van der Waals surface area (Å²) in [6.45, 7) is 5.68. The predicted octanol–water partition coefficient (Wildman–Crippen LogP) is 17.8. The van der Waals surface area contributed by atoms with Crippen molar-refractivity contribution in [3.63, 3.8) is 0 Å². The molecule has 0 bridgehead atoms. The topological polar surface area (TPSA) is 175 Å². The van der Waals surface area contributed by atoms with E-state index in [0.29, 0.717) is 12.8 Å². The zero-order valence-electron chi connectivity index (χ0n) is 54.5. The van der Waals surface area contributed by atoms with Crippen molar-refractivity contribution >= 4 is 11.9 Å². The van der Waals surface area contributed by atoms with Crippen molar-refractivity contribution in [1.82, 2.24) is 5.32 Å². The summed E-state index contributed by atoms with van der Waals surface area (Å²) >= 11 is 0. The Bertz CT molecular complexity index is 1750. The van der Waals surface area contributed by atoms with E-state index in [4.69, 9.17) is 14.2 Å². The van der Waals surface area contributed by atoms with E-state index in [2.05, 4.69) is 111 Å². The molecule has 1 amide bonds. The van der Waals surface area contributed by atoms with Crippen LogP contribution in [0.15, 0.2) is 97.2 Å². The number of rotatable bonds is 59. The number of aliphatic hydroxyl groups is 5. The highest BCUT2D eigenvalue weighted by atomic mass is 16.7. The molecule has 85 heavy (non-hydrogen) atoms. The van der Waals surface area contributed by atoms with Gasteiger partial charge in [-0.05, 0) is 103 Å². The van der Waals surface area contributed by atoms with E-state index in [1.54, 1.807) is 6.08 Å². The van der Waals surface area contributed by atoms with Crippen LogP contribution in [0, 0.1) is 0 Å². The van der Waals surface area contributed by atoms with Crippen LogP contribution >= 0.6 is 0 Å². The van der Waals surface area contributed by atoms with Gasteiger partial charge in [-0.1, -0.05) is 285 Å². The number of ether oxygens (including phenoxy) is 3. The molecule has 490 valence electrons. The Morgan fingerprint density at radius 1 is 0.471 bits per heavy atom. The SMILES string of the molecule is CC/C=C\C/C=C\C/C=C\C/C=C\C/C=C\C/C=C\CCCCCCCCC(=O)OC1C(OCC(NC(=O)C(O)CCCCCCCCCCCC/C=C/CCCCCCCC)C(O)/C=C/CCCCCCCCCCC)OC(CO)C(O)C1O. The van der Waals surface area contributed by atoms with Gasteiger partial charge in [0.1, 0.15) is 24.4 Å².